The van der Waals surface area contributed by atoms with Crippen LogP contribution in [-0.4, -0.2) is 26.7 Å². The Hall–Kier alpha value is -1.98. The van der Waals surface area contributed by atoms with Gasteiger partial charge in [0, 0.05) is 24.6 Å². The molecule has 24 heavy (non-hydrogen) atoms. The quantitative estimate of drug-likeness (QED) is 0.846. The van der Waals surface area contributed by atoms with Crippen LogP contribution in [0.15, 0.2) is 16.8 Å². The second-order valence-corrected chi connectivity index (χ2v) is 7.25. The molecule has 0 spiro atoms. The molecule has 1 saturated carbocycles. The molecule has 2 aromatic heterocycles. The fraction of sp³-hybridized carbons (Fsp3) is 0.667. The molecule has 0 aromatic carbocycles. The normalized spacial score (nSPS) is 22.0. The molecule has 0 N–H and O–H groups in total. The van der Waals surface area contributed by atoms with E-state index in [1.807, 2.05) is 12.3 Å². The molecule has 0 bridgehead atoms. The van der Waals surface area contributed by atoms with Crippen LogP contribution in [0.1, 0.15) is 87.8 Å². The van der Waals surface area contributed by atoms with E-state index in [1.165, 1.54) is 25.7 Å². The van der Waals surface area contributed by atoms with Crippen molar-refractivity contribution in [3.05, 3.63) is 29.8 Å². The van der Waals surface area contributed by atoms with E-state index < -0.39 is 0 Å². The Balaban J connectivity index is 1.59. The van der Waals surface area contributed by atoms with Gasteiger partial charge in [-0.3, -0.25) is 0 Å². The zero-order valence-corrected chi connectivity index (χ0v) is 14.5. The van der Waals surface area contributed by atoms with Crippen molar-refractivity contribution in [2.45, 2.75) is 70.3 Å². The summed E-state index contributed by atoms with van der Waals surface area (Å²) in [5.41, 5.74) is 0. The van der Waals surface area contributed by atoms with E-state index in [0.29, 0.717) is 11.8 Å². The predicted octanol–water partition coefficient (Wildman–Crippen LogP) is 3.98. The first-order chi connectivity index (χ1) is 11.7. The molecule has 1 aliphatic carbocycles. The highest BCUT2D eigenvalue weighted by molar-refractivity contribution is 5.41. The topological polar surface area (TPSA) is 67.9 Å². The maximum atomic E-state index is 5.41. The Morgan fingerprint density at radius 1 is 1.08 bits per heavy atom. The first kappa shape index (κ1) is 15.5. The van der Waals surface area contributed by atoms with E-state index >= 15 is 0 Å². The summed E-state index contributed by atoms with van der Waals surface area (Å²) in [6, 6.07) is 2.17. The number of rotatable bonds is 4. The lowest BCUT2D eigenvalue weighted by Crippen LogP contribution is -2.25. The first-order valence-corrected chi connectivity index (χ1v) is 9.15. The highest BCUT2D eigenvalue weighted by Gasteiger charge is 2.32. The lowest BCUT2D eigenvalue weighted by molar-refractivity contribution is 0.358. The summed E-state index contributed by atoms with van der Waals surface area (Å²) in [6.45, 7) is 5.13. The Morgan fingerprint density at radius 2 is 1.92 bits per heavy atom. The summed E-state index contributed by atoms with van der Waals surface area (Å²) < 4.78 is 5.41. The zero-order valence-electron chi connectivity index (χ0n) is 14.5. The van der Waals surface area contributed by atoms with Gasteiger partial charge in [-0.1, -0.05) is 31.8 Å². The van der Waals surface area contributed by atoms with Gasteiger partial charge in [-0.2, -0.15) is 4.98 Å². The van der Waals surface area contributed by atoms with Crippen LogP contribution in [0, 0.1) is 0 Å². The third-order valence-corrected chi connectivity index (χ3v) is 5.18. The number of nitrogens with zero attached hydrogens (tertiary/aromatic N) is 5. The number of hydrogen-bond donors (Lipinski definition) is 0. The minimum atomic E-state index is 0.160. The molecule has 1 atom stereocenters. The maximum absolute atomic E-state index is 5.41. The molecular formula is C18H25N5O. The first-order valence-electron chi connectivity index (χ1n) is 9.15. The van der Waals surface area contributed by atoms with Crippen LogP contribution in [0.3, 0.4) is 0 Å². The van der Waals surface area contributed by atoms with Crippen LogP contribution in [0.4, 0.5) is 5.82 Å². The van der Waals surface area contributed by atoms with Crippen molar-refractivity contribution in [3.63, 3.8) is 0 Å². The Morgan fingerprint density at radius 3 is 2.67 bits per heavy atom. The number of hydrogen-bond acceptors (Lipinski definition) is 6. The summed E-state index contributed by atoms with van der Waals surface area (Å²) in [4.78, 5) is 16.3. The second kappa shape index (κ2) is 6.49. The van der Waals surface area contributed by atoms with Gasteiger partial charge < -0.3 is 9.42 Å². The van der Waals surface area contributed by atoms with Gasteiger partial charge in [0.2, 0.25) is 5.89 Å². The minimum Gasteiger partial charge on any atom is -0.346 e. The average Bonchev–Trinajstić information content (AvgIpc) is 3.34. The van der Waals surface area contributed by atoms with Crippen molar-refractivity contribution in [3.8, 4) is 0 Å². The summed E-state index contributed by atoms with van der Waals surface area (Å²) in [5.74, 6) is 4.30. The molecule has 0 radical (unpaired) electrons. The molecular weight excluding hydrogens is 302 g/mol. The zero-order chi connectivity index (χ0) is 16.5. The third-order valence-electron chi connectivity index (χ3n) is 5.18. The van der Waals surface area contributed by atoms with Crippen LogP contribution in [0.2, 0.25) is 0 Å². The van der Waals surface area contributed by atoms with Crippen LogP contribution in [0.25, 0.3) is 0 Å². The molecule has 2 aliphatic rings. The summed E-state index contributed by atoms with van der Waals surface area (Å²) in [5, 5.41) is 4.22. The Labute approximate surface area is 142 Å². The van der Waals surface area contributed by atoms with Gasteiger partial charge in [-0.15, -0.1) is 0 Å². The van der Waals surface area contributed by atoms with Crippen molar-refractivity contribution in [1.82, 2.24) is 20.1 Å². The third kappa shape index (κ3) is 2.89. The number of anilines is 1. The SMILES string of the molecule is CC(C)c1nc([C@@H]2CCCN2c2ccnc(C3CCCC3)n2)no1. The molecule has 6 heteroatoms. The van der Waals surface area contributed by atoms with Gasteiger partial charge in [0.25, 0.3) is 0 Å². The van der Waals surface area contributed by atoms with E-state index in [0.717, 1.165) is 36.9 Å². The smallest absolute Gasteiger partial charge is 0.229 e. The van der Waals surface area contributed by atoms with E-state index in [9.17, 15) is 0 Å². The fourth-order valence-electron chi connectivity index (χ4n) is 3.83. The molecule has 2 fully saturated rings. The Bertz CT molecular complexity index is 692. The summed E-state index contributed by atoms with van der Waals surface area (Å²) in [7, 11) is 0. The van der Waals surface area contributed by atoms with Crippen LogP contribution in [0.5, 0.6) is 0 Å². The van der Waals surface area contributed by atoms with Crippen molar-refractivity contribution < 1.29 is 4.52 Å². The largest absolute Gasteiger partial charge is 0.346 e. The highest BCUT2D eigenvalue weighted by Crippen LogP contribution is 2.36. The van der Waals surface area contributed by atoms with Gasteiger partial charge >= 0.3 is 0 Å². The number of aromatic nitrogens is 4. The highest BCUT2D eigenvalue weighted by atomic mass is 16.5. The standard InChI is InChI=1S/C18H25N5O/c1-12(2)18-21-17(22-24-18)14-8-5-11-23(14)15-9-10-19-16(20-15)13-6-3-4-7-13/h9-10,12-14H,3-8,11H2,1-2H3/t14-/m0/s1. The average molecular weight is 327 g/mol. The molecule has 1 saturated heterocycles. The molecule has 1 aliphatic heterocycles. The molecule has 0 amide bonds. The van der Waals surface area contributed by atoms with Gasteiger partial charge in [-0.25, -0.2) is 9.97 Å². The van der Waals surface area contributed by atoms with Gasteiger partial charge in [0.05, 0.1) is 6.04 Å². The van der Waals surface area contributed by atoms with E-state index in [-0.39, 0.29) is 12.0 Å². The van der Waals surface area contributed by atoms with Gasteiger partial charge in [0.15, 0.2) is 5.82 Å². The summed E-state index contributed by atoms with van der Waals surface area (Å²) in [6.07, 6.45) is 9.10. The second-order valence-electron chi connectivity index (χ2n) is 7.25. The minimum absolute atomic E-state index is 0.160. The van der Waals surface area contributed by atoms with E-state index in [1.54, 1.807) is 0 Å². The van der Waals surface area contributed by atoms with Crippen molar-refractivity contribution >= 4 is 5.82 Å². The summed E-state index contributed by atoms with van der Waals surface area (Å²) >= 11 is 0. The van der Waals surface area contributed by atoms with Gasteiger partial charge in [0.1, 0.15) is 11.6 Å². The predicted molar refractivity (Wildman–Crippen MR) is 90.9 cm³/mol. The monoisotopic (exact) mass is 327 g/mol. The molecule has 2 aromatic rings. The van der Waals surface area contributed by atoms with Gasteiger partial charge in [-0.05, 0) is 31.7 Å². The van der Waals surface area contributed by atoms with Crippen LogP contribution < -0.4 is 4.90 Å². The molecule has 3 heterocycles. The molecule has 4 rings (SSSR count). The lowest BCUT2D eigenvalue weighted by Gasteiger charge is -2.24. The van der Waals surface area contributed by atoms with Crippen molar-refractivity contribution in [2.24, 2.45) is 0 Å². The van der Waals surface area contributed by atoms with Crippen LogP contribution >= 0.6 is 0 Å². The van der Waals surface area contributed by atoms with Crippen molar-refractivity contribution in [2.75, 3.05) is 11.4 Å². The van der Waals surface area contributed by atoms with E-state index in [4.69, 9.17) is 9.51 Å². The molecule has 6 nitrogen and oxygen atoms in total. The molecule has 128 valence electrons. The fourth-order valence-corrected chi connectivity index (χ4v) is 3.83. The lowest BCUT2D eigenvalue weighted by atomic mass is 10.1. The van der Waals surface area contributed by atoms with Crippen LogP contribution in [-0.2, 0) is 0 Å². The Kier molecular flexibility index (Phi) is 4.21. The maximum Gasteiger partial charge on any atom is 0.229 e. The molecule has 0 unspecified atom stereocenters. The van der Waals surface area contributed by atoms with Crippen molar-refractivity contribution in [1.29, 1.82) is 0 Å². The van der Waals surface area contributed by atoms with E-state index in [2.05, 4.69) is 33.9 Å².